The van der Waals surface area contributed by atoms with Crippen molar-refractivity contribution < 1.29 is 0 Å². The van der Waals surface area contributed by atoms with E-state index >= 15 is 0 Å². The number of aromatic nitrogens is 4. The molecule has 1 aromatic carbocycles. The number of hydrogen-bond acceptors (Lipinski definition) is 5. The summed E-state index contributed by atoms with van der Waals surface area (Å²) in [5.74, 6) is 0.497. The van der Waals surface area contributed by atoms with Gasteiger partial charge < -0.3 is 10.6 Å². The maximum absolute atomic E-state index is 12.2. The summed E-state index contributed by atoms with van der Waals surface area (Å²) in [4.78, 5) is 19.6. The fourth-order valence-corrected chi connectivity index (χ4v) is 4.08. The number of aromatic amines is 1. The molecule has 0 aliphatic heterocycles. The quantitative estimate of drug-likeness (QED) is 0.624. The Bertz CT molecular complexity index is 971. The molecule has 3 N–H and O–H groups in total. The number of aryl methyl sites for hydroxylation is 1. The van der Waals surface area contributed by atoms with Crippen LogP contribution in [0.15, 0.2) is 41.3 Å². The molecule has 0 saturated heterocycles. The molecule has 2 heterocycles. The minimum absolute atomic E-state index is 0.00472. The van der Waals surface area contributed by atoms with Crippen molar-refractivity contribution in [2.45, 2.75) is 44.2 Å². The molecular formula is C20H26N6O. The molecule has 0 amide bonds. The summed E-state index contributed by atoms with van der Waals surface area (Å²) < 4.78 is 1.62. The van der Waals surface area contributed by atoms with Crippen molar-refractivity contribution >= 4 is 17.0 Å². The highest BCUT2D eigenvalue weighted by Crippen LogP contribution is 2.32. The van der Waals surface area contributed by atoms with E-state index in [-0.39, 0.29) is 17.1 Å². The monoisotopic (exact) mass is 366 g/mol. The summed E-state index contributed by atoms with van der Waals surface area (Å²) >= 11 is 0. The van der Waals surface area contributed by atoms with E-state index in [9.17, 15) is 4.79 Å². The summed E-state index contributed by atoms with van der Waals surface area (Å²) in [6.07, 6.45) is 6.18. The first-order valence-corrected chi connectivity index (χ1v) is 9.55. The van der Waals surface area contributed by atoms with Crippen LogP contribution in [-0.4, -0.2) is 31.8 Å². The number of benzene rings is 1. The van der Waals surface area contributed by atoms with Gasteiger partial charge in [0.15, 0.2) is 5.65 Å². The van der Waals surface area contributed by atoms with Crippen molar-refractivity contribution in [3.05, 3.63) is 52.4 Å². The molecular weight excluding hydrogens is 340 g/mol. The van der Waals surface area contributed by atoms with E-state index < -0.39 is 0 Å². The Labute approximate surface area is 158 Å². The van der Waals surface area contributed by atoms with Gasteiger partial charge in [-0.15, -0.1) is 0 Å². The molecule has 4 rings (SSSR count). The second-order valence-corrected chi connectivity index (χ2v) is 7.54. The number of fused-ring (bicyclic) bond motifs is 1. The summed E-state index contributed by atoms with van der Waals surface area (Å²) in [7, 11) is 1.79. The summed E-state index contributed by atoms with van der Waals surface area (Å²) in [5.41, 5.74) is 1.70. The van der Waals surface area contributed by atoms with Gasteiger partial charge in [-0.3, -0.25) is 14.5 Å². The number of rotatable bonds is 6. The van der Waals surface area contributed by atoms with E-state index in [0.29, 0.717) is 17.0 Å². The first-order chi connectivity index (χ1) is 13.1. The second kappa shape index (κ2) is 7.15. The molecule has 1 atom stereocenters. The first-order valence-electron chi connectivity index (χ1n) is 9.55. The van der Waals surface area contributed by atoms with Crippen LogP contribution in [0.5, 0.6) is 0 Å². The Hall–Kier alpha value is -2.67. The number of nitrogens with zero attached hydrogens (tertiary/aromatic N) is 3. The normalized spacial score (nSPS) is 17.3. The molecule has 1 aliphatic carbocycles. The lowest BCUT2D eigenvalue weighted by molar-refractivity contribution is 0.314. The van der Waals surface area contributed by atoms with E-state index in [4.69, 9.17) is 0 Å². The molecule has 27 heavy (non-hydrogen) atoms. The SMILES string of the molecule is CC(NC1(CNc2nc3c(cnn3C)c(=O)[nH]2)CCCC1)c1ccccc1. The van der Waals surface area contributed by atoms with Gasteiger partial charge in [-0.1, -0.05) is 43.2 Å². The average molecular weight is 366 g/mol. The van der Waals surface area contributed by atoms with Gasteiger partial charge >= 0.3 is 0 Å². The zero-order valence-corrected chi connectivity index (χ0v) is 15.8. The smallest absolute Gasteiger partial charge is 0.263 e. The molecule has 1 fully saturated rings. The minimum atomic E-state index is -0.165. The van der Waals surface area contributed by atoms with Crippen LogP contribution in [0.25, 0.3) is 11.0 Å². The molecule has 3 aromatic rings. The first kappa shape index (κ1) is 17.7. The minimum Gasteiger partial charge on any atom is -0.354 e. The molecule has 1 saturated carbocycles. The average Bonchev–Trinajstić information content (AvgIpc) is 3.29. The Kier molecular flexibility index (Phi) is 4.70. The number of hydrogen-bond donors (Lipinski definition) is 3. The third-order valence-corrected chi connectivity index (χ3v) is 5.58. The van der Waals surface area contributed by atoms with Crippen LogP contribution in [0.4, 0.5) is 5.95 Å². The van der Waals surface area contributed by atoms with Gasteiger partial charge in [0.05, 0.1) is 6.20 Å². The van der Waals surface area contributed by atoms with E-state index in [1.54, 1.807) is 17.9 Å². The number of anilines is 1. The lowest BCUT2D eigenvalue weighted by atomic mass is 9.94. The van der Waals surface area contributed by atoms with Crippen molar-refractivity contribution in [2.75, 3.05) is 11.9 Å². The van der Waals surface area contributed by atoms with Gasteiger partial charge in [-0.05, 0) is 25.3 Å². The van der Waals surface area contributed by atoms with Crippen molar-refractivity contribution in [3.8, 4) is 0 Å². The lowest BCUT2D eigenvalue weighted by Crippen LogP contribution is -2.49. The van der Waals surface area contributed by atoms with E-state index in [0.717, 1.165) is 19.4 Å². The summed E-state index contributed by atoms with van der Waals surface area (Å²) in [6.45, 7) is 2.92. The summed E-state index contributed by atoms with van der Waals surface area (Å²) in [6, 6.07) is 10.8. The largest absolute Gasteiger partial charge is 0.354 e. The highest BCUT2D eigenvalue weighted by molar-refractivity contribution is 5.74. The van der Waals surface area contributed by atoms with Gasteiger partial charge in [0, 0.05) is 25.2 Å². The van der Waals surface area contributed by atoms with Gasteiger partial charge in [0.1, 0.15) is 5.39 Å². The van der Waals surface area contributed by atoms with E-state index in [2.05, 4.69) is 56.9 Å². The van der Waals surface area contributed by atoms with Gasteiger partial charge in [0.2, 0.25) is 5.95 Å². The third-order valence-electron chi connectivity index (χ3n) is 5.58. The van der Waals surface area contributed by atoms with Crippen molar-refractivity contribution in [1.82, 2.24) is 25.1 Å². The van der Waals surface area contributed by atoms with Crippen molar-refractivity contribution in [2.24, 2.45) is 7.05 Å². The van der Waals surface area contributed by atoms with Crippen molar-refractivity contribution in [1.29, 1.82) is 0 Å². The zero-order chi connectivity index (χ0) is 18.9. The molecule has 1 aliphatic rings. The molecule has 2 aromatic heterocycles. The molecule has 0 bridgehead atoms. The predicted octanol–water partition coefficient (Wildman–Crippen LogP) is 2.73. The van der Waals surface area contributed by atoms with Gasteiger partial charge in [-0.25, -0.2) is 0 Å². The molecule has 142 valence electrons. The number of H-pyrrole nitrogens is 1. The highest BCUT2D eigenvalue weighted by atomic mass is 16.1. The standard InChI is InChI=1S/C20H26N6O/c1-14(15-8-4-3-5-9-15)25-20(10-6-7-11-20)13-21-19-23-17-16(18(27)24-19)12-22-26(17)2/h3-5,8-9,12,14,25H,6-7,10-11,13H2,1-2H3,(H2,21,23,24,27). The zero-order valence-electron chi connectivity index (χ0n) is 15.8. The van der Waals surface area contributed by atoms with E-state index in [1.807, 2.05) is 6.07 Å². The van der Waals surface area contributed by atoms with Crippen LogP contribution in [0.1, 0.15) is 44.2 Å². The predicted molar refractivity (Wildman–Crippen MR) is 107 cm³/mol. The Morgan fingerprint density at radius 3 is 2.74 bits per heavy atom. The molecule has 7 heteroatoms. The van der Waals surface area contributed by atoms with Crippen LogP contribution in [0, 0.1) is 0 Å². The maximum Gasteiger partial charge on any atom is 0.263 e. The van der Waals surface area contributed by atoms with Crippen LogP contribution in [0.3, 0.4) is 0 Å². The molecule has 1 unspecified atom stereocenters. The maximum atomic E-state index is 12.2. The highest BCUT2D eigenvalue weighted by Gasteiger charge is 2.35. The molecule has 0 spiro atoms. The lowest BCUT2D eigenvalue weighted by Gasteiger charge is -2.34. The van der Waals surface area contributed by atoms with Crippen LogP contribution in [0.2, 0.25) is 0 Å². The second-order valence-electron chi connectivity index (χ2n) is 7.54. The van der Waals surface area contributed by atoms with Crippen LogP contribution in [-0.2, 0) is 7.05 Å². The van der Waals surface area contributed by atoms with Crippen LogP contribution < -0.4 is 16.2 Å². The fraction of sp³-hybridized carbons (Fsp3) is 0.450. The summed E-state index contributed by atoms with van der Waals surface area (Å²) in [5, 5.41) is 11.8. The number of nitrogens with one attached hydrogen (secondary N) is 3. The Morgan fingerprint density at radius 2 is 2.00 bits per heavy atom. The van der Waals surface area contributed by atoms with Crippen LogP contribution >= 0.6 is 0 Å². The third kappa shape index (κ3) is 3.60. The molecule has 0 radical (unpaired) electrons. The Balaban J connectivity index is 1.52. The Morgan fingerprint density at radius 1 is 1.26 bits per heavy atom. The van der Waals surface area contributed by atoms with E-state index in [1.165, 1.54) is 18.4 Å². The van der Waals surface area contributed by atoms with Gasteiger partial charge in [0.25, 0.3) is 5.56 Å². The topological polar surface area (TPSA) is 87.6 Å². The fourth-order valence-electron chi connectivity index (χ4n) is 4.08. The van der Waals surface area contributed by atoms with Gasteiger partial charge in [-0.2, -0.15) is 10.1 Å². The molecule has 7 nitrogen and oxygen atoms in total. The van der Waals surface area contributed by atoms with Crippen molar-refractivity contribution in [3.63, 3.8) is 0 Å².